The van der Waals surface area contributed by atoms with E-state index < -0.39 is 30.9 Å². The van der Waals surface area contributed by atoms with Crippen LogP contribution in [0.1, 0.15) is 145 Å². The zero-order chi connectivity index (χ0) is 103. The van der Waals surface area contributed by atoms with Gasteiger partial charge in [0.05, 0.1) is 27.8 Å². The van der Waals surface area contributed by atoms with Gasteiger partial charge in [-0.15, -0.1) is 0 Å². The lowest BCUT2D eigenvalue weighted by molar-refractivity contribution is -0.660. The standard InChI is InChI=1S/C27H25N2O.2C25H23N2O.C24H21N2O.C23H19N2O/c1-17-20-10-5-6-11-21(20)25-22-12-7-14-28-27(22)30-26(25)24(17)23-16-19(13-15-29(23)2)18-8-3-4-9-18;2*1-15(2)17-11-13-27(4)21(14-17)22-16(3)18-8-5-6-9-19(18)23-20-10-7-12-26-25(20)28-24(22)23;1-4-16-11-13-26(3)20(14-16)21-15(2)17-8-5-6-9-18(17)22-19-10-7-12-25-24(19)27-23(21)22;1-14-10-12-25(3)19(13-14)20-15(2)16-7-4-5-8-17(16)21-18-9-6-11-24-23(18)26-22(20)21/h5-7,10-16,18H,3-4,8-9H2,1-2H3;2*5-15H,1-4H3;5-14H,4H2,1-3H3;4-13H,1-3H3/q5*+1/i18D;1D3,15D;15D;4D2;. The molecule has 26 rings (SSSR count). The average molecular weight is 1830 g/mol. The second kappa shape index (κ2) is 35.9. The van der Waals surface area contributed by atoms with Crippen molar-refractivity contribution in [2.45, 2.75) is 126 Å². The number of fused-ring (bicyclic) bond motifs is 25. The predicted molar refractivity (Wildman–Crippen MR) is 565 cm³/mol. The lowest BCUT2D eigenvalue weighted by Gasteiger charge is -2.13. The van der Waals surface area contributed by atoms with Gasteiger partial charge in [0.2, 0.25) is 57.0 Å². The Morgan fingerprint density at radius 3 is 0.878 bits per heavy atom. The summed E-state index contributed by atoms with van der Waals surface area (Å²) < 4.78 is 108. The number of hydrogen-bond donors (Lipinski definition) is 0. The van der Waals surface area contributed by atoms with E-state index in [2.05, 4.69) is 245 Å². The monoisotopic (exact) mass is 1830 g/mol. The maximum absolute atomic E-state index is 9.04. The average Bonchev–Trinajstić information content (AvgIpc) is 1.62. The molecule has 0 aliphatic heterocycles. The highest BCUT2D eigenvalue weighted by molar-refractivity contribution is 6.28. The van der Waals surface area contributed by atoms with E-state index in [0.717, 1.165) is 202 Å². The van der Waals surface area contributed by atoms with E-state index in [-0.39, 0.29) is 0 Å². The molecule has 15 heterocycles. The SMILES string of the molecule is Cc1cc[n+](C)c(-c2c(C)c3ccccc3c3c2oc2ncccc23)c1.[2H]C(C)(C)c1cc[n+](C)c(-c2c(C)c3ccccc3c3c2oc2ncccc23)c1.[2H]C([2H])(C)c1cc[n+](C)c(-c2c(C)c3ccccc3c3c2oc2ncccc23)c1.[2H]C([2H])([2H])C([2H])(C)c1cc[n+](C)c(-c2c(C)c3ccccc3c3c2oc2ncccc23)c1.[2H]C1(c2cc[n+](C)c(-c3c(C)c4ccccc4c4c3oc3ncccc34)c2)CCCC1. The topological polar surface area (TPSA) is 150 Å². The highest BCUT2D eigenvalue weighted by atomic mass is 16.4. The summed E-state index contributed by atoms with van der Waals surface area (Å²) in [6.45, 7) is 17.2. The van der Waals surface area contributed by atoms with Gasteiger partial charge in [-0.1, -0.05) is 169 Å². The van der Waals surface area contributed by atoms with E-state index in [1.54, 1.807) is 50.0 Å². The summed E-state index contributed by atoms with van der Waals surface area (Å²) in [5.41, 5.74) is 27.6. The van der Waals surface area contributed by atoms with E-state index in [4.69, 9.17) is 33.1 Å². The third-order valence-corrected chi connectivity index (χ3v) is 28.4. The second-order valence-corrected chi connectivity index (χ2v) is 37.1. The smallest absolute Gasteiger partial charge is 0.227 e. The Bertz CT molecular complexity index is 9480. The first-order valence-corrected chi connectivity index (χ1v) is 47.5. The van der Waals surface area contributed by atoms with Crippen LogP contribution in [-0.4, -0.2) is 24.9 Å². The number of furan rings is 5. The quantitative estimate of drug-likeness (QED) is 0.128. The molecule has 0 spiro atoms. The van der Waals surface area contributed by atoms with Gasteiger partial charge in [0.25, 0.3) is 0 Å². The maximum Gasteiger partial charge on any atom is 0.227 e. The molecule has 1 fully saturated rings. The Morgan fingerprint density at radius 2 is 0.576 bits per heavy atom. The first-order valence-electron chi connectivity index (χ1n) is 51.5. The minimum Gasteiger partial charge on any atom is -0.437 e. The van der Waals surface area contributed by atoms with Gasteiger partial charge in [-0.2, -0.15) is 0 Å². The Morgan fingerprint density at radius 1 is 0.317 bits per heavy atom. The predicted octanol–water partition coefficient (Wildman–Crippen LogP) is 29.4. The van der Waals surface area contributed by atoms with Crippen LogP contribution < -0.4 is 22.8 Å². The van der Waals surface area contributed by atoms with Crippen molar-refractivity contribution in [3.63, 3.8) is 0 Å². The molecule has 25 aromatic rings. The van der Waals surface area contributed by atoms with Gasteiger partial charge in [0.15, 0.2) is 58.9 Å². The summed E-state index contributed by atoms with van der Waals surface area (Å²) in [7, 11) is 10.1. The van der Waals surface area contributed by atoms with Crippen LogP contribution in [0, 0.1) is 41.5 Å². The normalized spacial score (nSPS) is 14.2. The molecular weight excluding hydrogens is 1710 g/mol. The molecule has 15 aromatic heterocycles. The molecule has 1 atom stereocenters. The summed E-state index contributed by atoms with van der Waals surface area (Å²) in [5, 5.41) is 22.2. The number of pyridine rings is 10. The molecule has 0 radical (unpaired) electrons. The lowest BCUT2D eigenvalue weighted by Crippen LogP contribution is -2.31. The molecule has 1 saturated carbocycles. The van der Waals surface area contributed by atoms with Crippen molar-refractivity contribution in [3.8, 4) is 56.3 Å². The largest absolute Gasteiger partial charge is 0.437 e. The summed E-state index contributed by atoms with van der Waals surface area (Å²) in [5.74, 6) is -2.90. The van der Waals surface area contributed by atoms with Crippen LogP contribution in [0.3, 0.4) is 0 Å². The fraction of sp³-hybridized carbons (Fsp3) is 0.194. The minimum absolute atomic E-state index is 0.431. The summed E-state index contributed by atoms with van der Waals surface area (Å²) in [6.07, 6.45) is 21.4. The van der Waals surface area contributed by atoms with Gasteiger partial charge in [-0.3, -0.25) is 0 Å². The molecule has 0 saturated heterocycles. The van der Waals surface area contributed by atoms with E-state index >= 15 is 0 Å². The zero-order valence-electron chi connectivity index (χ0n) is 88.7. The number of aromatic nitrogens is 10. The van der Waals surface area contributed by atoms with Crippen LogP contribution in [0.5, 0.6) is 0 Å². The van der Waals surface area contributed by atoms with Crippen LogP contribution in [0.2, 0.25) is 0 Å². The number of aryl methyl sites for hydroxylation is 12. The molecule has 0 amide bonds. The third-order valence-electron chi connectivity index (χ3n) is 28.4. The van der Waals surface area contributed by atoms with E-state index in [1.165, 1.54) is 61.5 Å². The van der Waals surface area contributed by atoms with Crippen molar-refractivity contribution in [2.75, 3.05) is 0 Å². The molecule has 10 aromatic carbocycles. The van der Waals surface area contributed by atoms with Crippen molar-refractivity contribution in [2.24, 2.45) is 35.2 Å². The summed E-state index contributed by atoms with van der Waals surface area (Å²) >= 11 is 0. The molecule has 139 heavy (non-hydrogen) atoms. The van der Waals surface area contributed by atoms with Crippen LogP contribution in [0.25, 0.3) is 220 Å². The Hall–Kier alpha value is -16.0. The second-order valence-electron chi connectivity index (χ2n) is 37.1. The zero-order valence-corrected chi connectivity index (χ0v) is 80.7. The van der Waals surface area contributed by atoms with E-state index in [0.29, 0.717) is 45.3 Å². The molecular formula is C124H111N10O5+5. The number of rotatable bonds is 9. The highest BCUT2D eigenvalue weighted by Crippen LogP contribution is 2.50. The third kappa shape index (κ3) is 15.2. The van der Waals surface area contributed by atoms with Crippen LogP contribution in [0.4, 0.5) is 0 Å². The van der Waals surface area contributed by atoms with Crippen molar-refractivity contribution in [1.82, 2.24) is 24.9 Å². The van der Waals surface area contributed by atoms with Crippen molar-refractivity contribution < 1.29 is 55.9 Å². The first kappa shape index (κ1) is 79.2. The Kier molecular flexibility index (Phi) is 20.5. The molecule has 682 valence electrons. The van der Waals surface area contributed by atoms with E-state index in [1.807, 2.05) is 155 Å². The molecule has 15 nitrogen and oxygen atoms in total. The lowest BCUT2D eigenvalue weighted by atomic mass is 9.91. The Balaban J connectivity index is 0.000000104. The number of nitrogens with zero attached hydrogens (tertiary/aromatic N) is 10. The fourth-order valence-corrected chi connectivity index (χ4v) is 21.3. The van der Waals surface area contributed by atoms with Gasteiger partial charge in [0.1, 0.15) is 35.2 Å². The maximum atomic E-state index is 9.04. The van der Waals surface area contributed by atoms with Crippen LogP contribution >= 0.6 is 0 Å². The van der Waals surface area contributed by atoms with Gasteiger partial charge in [0, 0.05) is 156 Å². The van der Waals surface area contributed by atoms with Crippen molar-refractivity contribution in [3.05, 3.63) is 360 Å². The molecule has 0 N–H and O–H groups in total. The molecule has 1 aliphatic carbocycles. The van der Waals surface area contributed by atoms with Gasteiger partial charge in [-0.25, -0.2) is 47.8 Å². The number of benzene rings is 10. The Labute approximate surface area is 817 Å². The molecule has 1 aliphatic rings. The molecule has 1 unspecified atom stereocenters. The van der Waals surface area contributed by atoms with Crippen molar-refractivity contribution >= 4 is 164 Å². The molecule has 15 heteroatoms. The van der Waals surface area contributed by atoms with Gasteiger partial charge >= 0.3 is 0 Å². The van der Waals surface area contributed by atoms with Crippen molar-refractivity contribution in [1.29, 1.82) is 0 Å². The fourth-order valence-electron chi connectivity index (χ4n) is 21.3. The van der Waals surface area contributed by atoms with Gasteiger partial charge in [-0.05, 0) is 249 Å². The van der Waals surface area contributed by atoms with Gasteiger partial charge < -0.3 is 22.1 Å². The number of hydrogen-bond acceptors (Lipinski definition) is 10. The van der Waals surface area contributed by atoms with E-state index in [9.17, 15) is 0 Å². The van der Waals surface area contributed by atoms with Crippen LogP contribution in [-0.2, 0) is 41.6 Å². The highest BCUT2D eigenvalue weighted by Gasteiger charge is 2.33. The summed E-state index contributed by atoms with van der Waals surface area (Å²) in [4.78, 5) is 22.3. The molecule has 0 bridgehead atoms. The summed E-state index contributed by atoms with van der Waals surface area (Å²) in [6, 6.07) is 82.2. The van der Waals surface area contributed by atoms with Crippen LogP contribution in [0.15, 0.2) is 327 Å². The first-order chi connectivity index (χ1) is 70.5. The minimum atomic E-state index is -2.46.